The molecule has 0 bridgehead atoms. The Morgan fingerprint density at radius 3 is 2.37 bits per heavy atom. The smallest absolute Gasteiger partial charge is 0.258 e. The van der Waals surface area contributed by atoms with Crippen LogP contribution in [0.25, 0.3) is 0 Å². The van der Waals surface area contributed by atoms with Crippen LogP contribution >= 0.6 is 0 Å². The summed E-state index contributed by atoms with van der Waals surface area (Å²) in [6.45, 7) is 0.809. The third-order valence-electron chi connectivity index (χ3n) is 5.52. The van der Waals surface area contributed by atoms with Gasteiger partial charge in [0.15, 0.2) is 0 Å². The molecule has 0 unspecified atom stereocenters. The van der Waals surface area contributed by atoms with Crippen LogP contribution in [0.5, 0.6) is 0 Å². The maximum Gasteiger partial charge on any atom is 0.258 e. The van der Waals surface area contributed by atoms with Gasteiger partial charge in [-0.25, -0.2) is 4.39 Å². The van der Waals surface area contributed by atoms with E-state index < -0.39 is 5.82 Å². The van der Waals surface area contributed by atoms with E-state index in [1.165, 1.54) is 18.2 Å². The molecule has 3 aromatic carbocycles. The van der Waals surface area contributed by atoms with E-state index >= 15 is 0 Å². The quantitative estimate of drug-likeness (QED) is 0.378. The first-order valence-electron chi connectivity index (χ1n) is 11.5. The van der Waals surface area contributed by atoms with Gasteiger partial charge in [-0.3, -0.25) is 14.6 Å². The van der Waals surface area contributed by atoms with E-state index in [4.69, 9.17) is 0 Å². The van der Waals surface area contributed by atoms with E-state index in [-0.39, 0.29) is 23.8 Å². The summed E-state index contributed by atoms with van der Waals surface area (Å²) in [4.78, 5) is 31.8. The van der Waals surface area contributed by atoms with Gasteiger partial charge in [0.25, 0.3) is 5.91 Å². The number of hydrogen-bond donors (Lipinski definition) is 1. The van der Waals surface area contributed by atoms with Crippen LogP contribution in [-0.2, 0) is 24.2 Å². The number of pyridine rings is 1. The van der Waals surface area contributed by atoms with Crippen LogP contribution in [-0.4, -0.2) is 23.3 Å². The highest BCUT2D eigenvalue weighted by molar-refractivity contribution is 6.06. The number of nitrogens with zero attached hydrogens (tertiary/aromatic N) is 2. The van der Waals surface area contributed by atoms with Crippen LogP contribution in [0, 0.1) is 5.82 Å². The Morgan fingerprint density at radius 2 is 1.60 bits per heavy atom. The average Bonchev–Trinajstić information content (AvgIpc) is 2.88. The molecule has 6 heteroatoms. The highest BCUT2D eigenvalue weighted by Gasteiger charge is 2.19. The molecule has 176 valence electrons. The van der Waals surface area contributed by atoms with Crippen LogP contribution in [0.4, 0.5) is 10.1 Å². The molecule has 0 spiro atoms. The van der Waals surface area contributed by atoms with E-state index in [0.717, 1.165) is 16.8 Å². The second kappa shape index (κ2) is 11.7. The Balaban J connectivity index is 1.49. The monoisotopic (exact) mass is 467 g/mol. The fourth-order valence-corrected chi connectivity index (χ4v) is 3.78. The van der Waals surface area contributed by atoms with Crippen LogP contribution in [0.15, 0.2) is 103 Å². The summed E-state index contributed by atoms with van der Waals surface area (Å²) in [6.07, 6.45) is 2.57. The van der Waals surface area contributed by atoms with Crippen molar-refractivity contribution in [3.8, 4) is 0 Å². The molecular formula is C29H26FN3O2. The lowest BCUT2D eigenvalue weighted by Gasteiger charge is -2.24. The predicted octanol–water partition coefficient (Wildman–Crippen LogP) is 4.97. The van der Waals surface area contributed by atoms with Crippen LogP contribution in [0.3, 0.4) is 0 Å². The van der Waals surface area contributed by atoms with Crippen molar-refractivity contribution in [2.45, 2.75) is 19.4 Å². The van der Waals surface area contributed by atoms with E-state index in [9.17, 15) is 14.0 Å². The van der Waals surface area contributed by atoms with Crippen LogP contribution in [0.1, 0.15) is 27.2 Å². The highest BCUT2D eigenvalue weighted by Crippen LogP contribution is 2.22. The Morgan fingerprint density at radius 1 is 0.829 bits per heavy atom. The number of carbonyl (C=O) groups excluding carboxylic acids is 2. The molecule has 0 saturated heterocycles. The van der Waals surface area contributed by atoms with Crippen LogP contribution < -0.4 is 10.2 Å². The van der Waals surface area contributed by atoms with Gasteiger partial charge in [0.2, 0.25) is 5.91 Å². The van der Waals surface area contributed by atoms with E-state index in [2.05, 4.69) is 10.3 Å². The lowest BCUT2D eigenvalue weighted by atomic mass is 10.1. The first-order valence-corrected chi connectivity index (χ1v) is 11.5. The number of amides is 2. The van der Waals surface area contributed by atoms with Crippen molar-refractivity contribution in [3.63, 3.8) is 0 Å². The third kappa shape index (κ3) is 6.84. The van der Waals surface area contributed by atoms with Gasteiger partial charge in [0.1, 0.15) is 5.82 Å². The highest BCUT2D eigenvalue weighted by atomic mass is 19.1. The molecule has 1 N–H and O–H groups in total. The van der Waals surface area contributed by atoms with Gasteiger partial charge in [-0.05, 0) is 53.6 Å². The number of hydrogen-bond acceptors (Lipinski definition) is 3. The molecule has 0 aliphatic rings. The fourth-order valence-electron chi connectivity index (χ4n) is 3.78. The Labute approximate surface area is 204 Å². The van der Waals surface area contributed by atoms with Crippen molar-refractivity contribution in [2.75, 3.05) is 11.4 Å². The van der Waals surface area contributed by atoms with E-state index in [1.54, 1.807) is 17.2 Å². The number of rotatable bonds is 9. The SMILES string of the molecule is O=C(Cc1cccc(N(Cc2ccccc2)C(=O)c2cccc(F)c2)c1)NCCc1ccccn1. The average molecular weight is 468 g/mol. The second-order valence-corrected chi connectivity index (χ2v) is 8.15. The summed E-state index contributed by atoms with van der Waals surface area (Å²) >= 11 is 0. The van der Waals surface area contributed by atoms with Crippen LogP contribution in [0.2, 0.25) is 0 Å². The summed E-state index contributed by atoms with van der Waals surface area (Å²) in [7, 11) is 0. The maximum atomic E-state index is 13.8. The van der Waals surface area contributed by atoms with Crippen molar-refractivity contribution < 1.29 is 14.0 Å². The zero-order chi connectivity index (χ0) is 24.5. The Bertz CT molecular complexity index is 1280. The lowest BCUT2D eigenvalue weighted by molar-refractivity contribution is -0.120. The number of aromatic nitrogens is 1. The number of nitrogens with one attached hydrogen (secondary N) is 1. The van der Waals surface area contributed by atoms with E-state index in [1.807, 2.05) is 72.8 Å². The van der Waals surface area contributed by atoms with Gasteiger partial charge < -0.3 is 10.2 Å². The van der Waals surface area contributed by atoms with Crippen molar-refractivity contribution in [2.24, 2.45) is 0 Å². The Kier molecular flexibility index (Phi) is 7.96. The van der Waals surface area contributed by atoms with Crippen molar-refractivity contribution in [3.05, 3.63) is 131 Å². The first kappa shape index (κ1) is 23.8. The molecule has 0 radical (unpaired) electrons. The molecule has 0 fully saturated rings. The van der Waals surface area contributed by atoms with Gasteiger partial charge in [-0.15, -0.1) is 0 Å². The normalized spacial score (nSPS) is 10.5. The fraction of sp³-hybridized carbons (Fsp3) is 0.138. The van der Waals surface area contributed by atoms with Gasteiger partial charge >= 0.3 is 0 Å². The third-order valence-corrected chi connectivity index (χ3v) is 5.52. The summed E-state index contributed by atoms with van der Waals surface area (Å²) in [5, 5.41) is 2.92. The zero-order valence-corrected chi connectivity index (χ0v) is 19.2. The summed E-state index contributed by atoms with van der Waals surface area (Å²) in [5.41, 5.74) is 3.54. The molecule has 35 heavy (non-hydrogen) atoms. The summed E-state index contributed by atoms with van der Waals surface area (Å²) in [5.74, 6) is -0.888. The number of halogens is 1. The molecule has 5 nitrogen and oxygen atoms in total. The minimum absolute atomic E-state index is 0.107. The van der Waals surface area contributed by atoms with Gasteiger partial charge in [-0.1, -0.05) is 54.6 Å². The molecule has 0 aliphatic heterocycles. The standard InChI is InChI=1S/C29H26FN3O2/c30-25-12-7-11-24(20-25)29(35)33(21-22-8-2-1-3-9-22)27-14-6-10-23(18-27)19-28(34)32-17-15-26-13-4-5-16-31-26/h1-14,16,18,20H,15,17,19,21H2,(H,32,34). The molecule has 4 aromatic rings. The van der Waals surface area contributed by atoms with E-state index in [0.29, 0.717) is 25.2 Å². The van der Waals surface area contributed by atoms with Crippen molar-refractivity contribution >= 4 is 17.5 Å². The maximum absolute atomic E-state index is 13.8. The predicted molar refractivity (Wildman–Crippen MR) is 134 cm³/mol. The molecule has 0 aliphatic carbocycles. The number of anilines is 1. The van der Waals surface area contributed by atoms with Crippen molar-refractivity contribution in [1.82, 2.24) is 10.3 Å². The molecule has 1 heterocycles. The second-order valence-electron chi connectivity index (χ2n) is 8.15. The minimum Gasteiger partial charge on any atom is -0.355 e. The van der Waals surface area contributed by atoms with Gasteiger partial charge in [-0.2, -0.15) is 0 Å². The van der Waals surface area contributed by atoms with Gasteiger partial charge in [0.05, 0.1) is 13.0 Å². The Hall–Kier alpha value is -4.32. The largest absolute Gasteiger partial charge is 0.355 e. The van der Waals surface area contributed by atoms with Gasteiger partial charge in [0, 0.05) is 36.1 Å². The topological polar surface area (TPSA) is 62.3 Å². The van der Waals surface area contributed by atoms with Crippen molar-refractivity contribution in [1.29, 1.82) is 0 Å². The minimum atomic E-state index is -0.466. The molecule has 1 aromatic heterocycles. The lowest BCUT2D eigenvalue weighted by Crippen LogP contribution is -2.31. The number of carbonyl (C=O) groups is 2. The summed E-state index contributed by atoms with van der Waals surface area (Å²) in [6, 6.07) is 28.3. The summed E-state index contributed by atoms with van der Waals surface area (Å²) < 4.78 is 13.8. The molecule has 4 rings (SSSR count). The molecule has 0 saturated carbocycles. The first-order chi connectivity index (χ1) is 17.1. The number of benzene rings is 3. The molecular weight excluding hydrogens is 441 g/mol. The molecule has 2 amide bonds. The molecule has 0 atom stereocenters. The zero-order valence-electron chi connectivity index (χ0n) is 19.2.